The molecule has 0 spiro atoms. The number of carbonyl (C=O) groups excluding carboxylic acids is 1. The van der Waals surface area contributed by atoms with E-state index in [9.17, 15) is 4.79 Å². The van der Waals surface area contributed by atoms with E-state index in [1.165, 1.54) is 16.9 Å². The van der Waals surface area contributed by atoms with Crippen LogP contribution in [0.4, 0.5) is 0 Å². The monoisotopic (exact) mass is 299 g/mol. The number of hydrogen-bond donors (Lipinski definition) is 1. The Labute approximate surface area is 127 Å². The van der Waals surface area contributed by atoms with Crippen molar-refractivity contribution in [3.8, 4) is 0 Å². The number of aromatic nitrogens is 1. The molecule has 1 unspecified atom stereocenters. The molecule has 0 bridgehead atoms. The van der Waals surface area contributed by atoms with Crippen LogP contribution in [0, 0.1) is 0 Å². The molecule has 4 nitrogen and oxygen atoms in total. The van der Waals surface area contributed by atoms with Crippen molar-refractivity contribution in [3.63, 3.8) is 0 Å². The average Bonchev–Trinajstić information content (AvgIpc) is 3.19. The van der Waals surface area contributed by atoms with Crippen LogP contribution in [0.3, 0.4) is 0 Å². The molecule has 2 aromatic rings. The summed E-state index contributed by atoms with van der Waals surface area (Å²) in [5.41, 5.74) is 7.88. The van der Waals surface area contributed by atoms with Crippen molar-refractivity contribution in [1.82, 2.24) is 9.88 Å². The molecule has 2 N–H and O–H groups in total. The molecule has 108 valence electrons. The number of benzene rings is 1. The maximum atomic E-state index is 12.2. The minimum Gasteiger partial charge on any atom is -0.330 e. The van der Waals surface area contributed by atoms with Crippen molar-refractivity contribution in [3.05, 3.63) is 64.1 Å². The number of amides is 1. The molecule has 1 aliphatic heterocycles. The molecule has 5 heteroatoms. The smallest absolute Gasteiger partial charge is 0.273 e. The summed E-state index contributed by atoms with van der Waals surface area (Å²) in [5, 5.41) is 2.62. The predicted molar refractivity (Wildman–Crippen MR) is 84.2 cm³/mol. The van der Waals surface area contributed by atoms with Gasteiger partial charge in [0, 0.05) is 18.5 Å². The van der Waals surface area contributed by atoms with Crippen molar-refractivity contribution in [2.45, 2.75) is 12.5 Å². The first kappa shape index (κ1) is 14.0. The Bertz CT molecular complexity index is 643. The van der Waals surface area contributed by atoms with Crippen LogP contribution in [0.2, 0.25) is 0 Å². The summed E-state index contributed by atoms with van der Waals surface area (Å²) >= 11 is 1.46. The zero-order valence-electron chi connectivity index (χ0n) is 11.6. The zero-order valence-corrected chi connectivity index (χ0v) is 12.4. The first-order valence-corrected chi connectivity index (χ1v) is 7.81. The molecule has 0 fully saturated rings. The molecule has 21 heavy (non-hydrogen) atoms. The van der Waals surface area contributed by atoms with Gasteiger partial charge in [-0.2, -0.15) is 0 Å². The van der Waals surface area contributed by atoms with E-state index in [2.05, 4.69) is 17.1 Å². The first-order valence-electron chi connectivity index (χ1n) is 6.93. The quantitative estimate of drug-likeness (QED) is 0.882. The fraction of sp³-hybridized carbons (Fsp3) is 0.250. The summed E-state index contributed by atoms with van der Waals surface area (Å²) < 4.78 is 0. The molecule has 1 aromatic heterocycles. The Morgan fingerprint density at radius 3 is 2.71 bits per heavy atom. The topological polar surface area (TPSA) is 59.2 Å². The Hall–Kier alpha value is -1.98. The number of nitrogens with two attached hydrogens (primary N) is 1. The largest absolute Gasteiger partial charge is 0.330 e. The van der Waals surface area contributed by atoms with Gasteiger partial charge in [-0.1, -0.05) is 42.5 Å². The molecule has 1 aliphatic rings. The fourth-order valence-corrected chi connectivity index (χ4v) is 3.11. The van der Waals surface area contributed by atoms with Crippen LogP contribution in [-0.2, 0) is 6.42 Å². The Kier molecular flexibility index (Phi) is 4.13. The van der Waals surface area contributed by atoms with Crippen molar-refractivity contribution < 1.29 is 4.79 Å². The van der Waals surface area contributed by atoms with Gasteiger partial charge >= 0.3 is 0 Å². The Morgan fingerprint density at radius 1 is 1.29 bits per heavy atom. The lowest BCUT2D eigenvalue weighted by molar-refractivity contribution is 0.0795. The standard InChI is InChI=1S/C16H17N3OS/c17-13(10-12-6-2-1-3-7-12)15-18-14(11-21-15)16(20)19-8-4-5-9-19/h1-7,11,13H,8-10,17H2. The molecule has 1 atom stereocenters. The summed E-state index contributed by atoms with van der Waals surface area (Å²) in [7, 11) is 0. The molecule has 0 aliphatic carbocycles. The molecule has 0 radical (unpaired) electrons. The van der Waals surface area contributed by atoms with Gasteiger partial charge in [0.15, 0.2) is 0 Å². The summed E-state index contributed by atoms with van der Waals surface area (Å²) in [5.74, 6) is -0.0191. The van der Waals surface area contributed by atoms with Gasteiger partial charge in [-0.25, -0.2) is 4.98 Å². The summed E-state index contributed by atoms with van der Waals surface area (Å²) in [6.07, 6.45) is 4.71. The van der Waals surface area contributed by atoms with Crippen molar-refractivity contribution in [2.24, 2.45) is 5.73 Å². The molecule has 1 aromatic carbocycles. The lowest BCUT2D eigenvalue weighted by atomic mass is 10.1. The second-order valence-electron chi connectivity index (χ2n) is 5.05. The van der Waals surface area contributed by atoms with E-state index in [1.807, 2.05) is 30.4 Å². The number of nitrogens with zero attached hydrogens (tertiary/aromatic N) is 2. The molecule has 3 rings (SSSR count). The van der Waals surface area contributed by atoms with Crippen LogP contribution in [0.5, 0.6) is 0 Å². The van der Waals surface area contributed by atoms with Gasteiger partial charge in [0.25, 0.3) is 5.91 Å². The molecule has 0 saturated heterocycles. The van der Waals surface area contributed by atoms with Crippen molar-refractivity contribution >= 4 is 17.2 Å². The summed E-state index contributed by atoms with van der Waals surface area (Å²) in [6.45, 7) is 1.34. The van der Waals surface area contributed by atoms with Gasteiger partial charge < -0.3 is 10.6 Å². The van der Waals surface area contributed by atoms with Crippen molar-refractivity contribution in [2.75, 3.05) is 13.1 Å². The van der Waals surface area contributed by atoms with Gasteiger partial charge in [0.05, 0.1) is 6.04 Å². The van der Waals surface area contributed by atoms with E-state index in [0.717, 1.165) is 11.4 Å². The minimum atomic E-state index is -0.171. The minimum absolute atomic E-state index is 0.0191. The zero-order chi connectivity index (χ0) is 14.7. The van der Waals surface area contributed by atoms with Crippen LogP contribution < -0.4 is 5.73 Å². The lowest BCUT2D eigenvalue weighted by Crippen LogP contribution is -2.28. The Balaban J connectivity index is 1.68. The summed E-state index contributed by atoms with van der Waals surface area (Å²) in [6, 6.07) is 9.92. The second kappa shape index (κ2) is 6.20. The van der Waals surface area contributed by atoms with Crippen molar-refractivity contribution in [1.29, 1.82) is 0 Å². The third kappa shape index (κ3) is 3.20. The van der Waals surface area contributed by atoms with Gasteiger partial charge in [-0.15, -0.1) is 11.3 Å². The number of carbonyl (C=O) groups is 1. The van der Waals surface area contributed by atoms with Crippen LogP contribution in [0.1, 0.15) is 27.1 Å². The van der Waals surface area contributed by atoms with E-state index in [4.69, 9.17) is 5.73 Å². The Morgan fingerprint density at radius 2 is 2.00 bits per heavy atom. The summed E-state index contributed by atoms with van der Waals surface area (Å²) in [4.78, 5) is 18.4. The third-order valence-corrected chi connectivity index (χ3v) is 4.44. The highest BCUT2D eigenvalue weighted by atomic mass is 32.1. The first-order chi connectivity index (χ1) is 10.2. The molecule has 1 amide bonds. The fourth-order valence-electron chi connectivity index (χ4n) is 2.32. The van der Waals surface area contributed by atoms with Gasteiger partial charge in [-0.3, -0.25) is 4.79 Å². The SMILES string of the molecule is NC(Cc1ccccc1)c1nc(C(=O)N2CC=CC2)cs1. The number of thiazole rings is 1. The van der Waals surface area contributed by atoms with E-state index < -0.39 is 0 Å². The van der Waals surface area contributed by atoms with Crippen LogP contribution in [-0.4, -0.2) is 28.9 Å². The molecular formula is C16H17N3OS. The van der Waals surface area contributed by atoms with Crippen LogP contribution >= 0.6 is 11.3 Å². The maximum absolute atomic E-state index is 12.2. The van der Waals surface area contributed by atoms with Crippen LogP contribution in [0.15, 0.2) is 47.9 Å². The van der Waals surface area contributed by atoms with E-state index in [0.29, 0.717) is 18.8 Å². The molecule has 2 heterocycles. The number of rotatable bonds is 4. The normalized spacial score (nSPS) is 15.4. The van der Waals surface area contributed by atoms with E-state index in [1.54, 1.807) is 10.3 Å². The maximum Gasteiger partial charge on any atom is 0.273 e. The van der Waals surface area contributed by atoms with Gasteiger partial charge in [0.1, 0.15) is 10.7 Å². The highest BCUT2D eigenvalue weighted by Crippen LogP contribution is 2.21. The van der Waals surface area contributed by atoms with Gasteiger partial charge in [-0.05, 0) is 12.0 Å². The van der Waals surface area contributed by atoms with Crippen LogP contribution in [0.25, 0.3) is 0 Å². The predicted octanol–water partition coefficient (Wildman–Crippen LogP) is 2.40. The second-order valence-corrected chi connectivity index (χ2v) is 5.94. The highest BCUT2D eigenvalue weighted by molar-refractivity contribution is 7.09. The van der Waals surface area contributed by atoms with Gasteiger partial charge in [0.2, 0.25) is 0 Å². The molecule has 0 saturated carbocycles. The van der Waals surface area contributed by atoms with E-state index >= 15 is 0 Å². The average molecular weight is 299 g/mol. The lowest BCUT2D eigenvalue weighted by Gasteiger charge is -2.13. The third-order valence-electron chi connectivity index (χ3n) is 3.46. The molecular weight excluding hydrogens is 282 g/mol. The van der Waals surface area contributed by atoms with E-state index in [-0.39, 0.29) is 11.9 Å². The number of hydrogen-bond acceptors (Lipinski definition) is 4. The highest BCUT2D eigenvalue weighted by Gasteiger charge is 2.20.